The Morgan fingerprint density at radius 2 is 1.77 bits per heavy atom. The third kappa shape index (κ3) is 3.38. The second kappa shape index (κ2) is 7.95. The summed E-state index contributed by atoms with van der Waals surface area (Å²) >= 11 is 0. The van der Waals surface area contributed by atoms with Gasteiger partial charge in [-0.2, -0.15) is 0 Å². The molecular formula is C21H23NO4. The lowest BCUT2D eigenvalue weighted by Gasteiger charge is -2.25. The molecule has 1 aliphatic heterocycles. The number of methoxy groups -OCH3 is 2. The van der Waals surface area contributed by atoms with Gasteiger partial charge in [0.15, 0.2) is 11.5 Å². The molecule has 0 saturated carbocycles. The number of carbonyl (C=O) groups excluding carboxylic acids is 1. The number of hydrogen-bond donors (Lipinski definition) is 1. The van der Waals surface area contributed by atoms with Crippen LogP contribution >= 0.6 is 0 Å². The van der Waals surface area contributed by atoms with Crippen molar-refractivity contribution < 1.29 is 19.0 Å². The Balaban J connectivity index is 2.23. The molecule has 3 rings (SSSR count). The second-order valence-electron chi connectivity index (χ2n) is 5.88. The predicted octanol–water partition coefficient (Wildman–Crippen LogP) is 3.28. The summed E-state index contributed by atoms with van der Waals surface area (Å²) in [6.07, 6.45) is 0.837. The van der Waals surface area contributed by atoms with Crippen molar-refractivity contribution in [3.63, 3.8) is 0 Å². The minimum Gasteiger partial charge on any atom is -0.493 e. The van der Waals surface area contributed by atoms with E-state index in [2.05, 4.69) is 5.32 Å². The third-order valence-electron chi connectivity index (χ3n) is 4.37. The van der Waals surface area contributed by atoms with Crippen molar-refractivity contribution in [1.29, 1.82) is 0 Å². The Bertz CT molecular complexity index is 827. The van der Waals surface area contributed by atoms with Crippen LogP contribution in [0.1, 0.15) is 23.6 Å². The van der Waals surface area contributed by atoms with Gasteiger partial charge in [-0.05, 0) is 36.6 Å². The lowest BCUT2D eigenvalue weighted by Crippen LogP contribution is -2.26. The lowest BCUT2D eigenvalue weighted by molar-refractivity contribution is -0.136. The summed E-state index contributed by atoms with van der Waals surface area (Å²) in [4.78, 5) is 12.8. The number of rotatable bonds is 5. The third-order valence-corrected chi connectivity index (χ3v) is 4.37. The summed E-state index contributed by atoms with van der Waals surface area (Å²) in [5.74, 6) is 0.970. The van der Waals surface area contributed by atoms with Crippen LogP contribution in [0.2, 0.25) is 0 Å². The highest BCUT2D eigenvalue weighted by molar-refractivity contribution is 6.24. The summed E-state index contributed by atoms with van der Waals surface area (Å²) in [6.45, 7) is 2.86. The largest absolute Gasteiger partial charge is 0.493 e. The van der Waals surface area contributed by atoms with Crippen molar-refractivity contribution in [1.82, 2.24) is 5.32 Å². The van der Waals surface area contributed by atoms with Gasteiger partial charge in [0.05, 0.1) is 32.1 Å². The van der Waals surface area contributed by atoms with Gasteiger partial charge < -0.3 is 19.5 Å². The smallest absolute Gasteiger partial charge is 0.340 e. The topological polar surface area (TPSA) is 56.8 Å². The molecule has 26 heavy (non-hydrogen) atoms. The summed E-state index contributed by atoms with van der Waals surface area (Å²) in [5.41, 5.74) is 4.14. The molecule has 1 N–H and O–H groups in total. The molecule has 0 unspecified atom stereocenters. The average Bonchev–Trinajstić information content (AvgIpc) is 2.68. The van der Waals surface area contributed by atoms with Gasteiger partial charge in [0.25, 0.3) is 0 Å². The van der Waals surface area contributed by atoms with E-state index in [4.69, 9.17) is 14.2 Å². The Morgan fingerprint density at radius 1 is 1.08 bits per heavy atom. The zero-order valence-electron chi connectivity index (χ0n) is 15.3. The molecule has 136 valence electrons. The molecule has 0 atom stereocenters. The van der Waals surface area contributed by atoms with E-state index in [1.807, 2.05) is 42.5 Å². The van der Waals surface area contributed by atoms with E-state index in [1.165, 1.54) is 0 Å². The SMILES string of the molecule is CCOC(=O)/C(=C1\NCCc2cc(OC)c(OC)cc21)c1ccccc1. The molecule has 1 heterocycles. The first-order chi connectivity index (χ1) is 12.7. The molecule has 0 fully saturated rings. The highest BCUT2D eigenvalue weighted by Crippen LogP contribution is 2.37. The molecule has 0 radical (unpaired) electrons. The van der Waals surface area contributed by atoms with Crippen LogP contribution in [0, 0.1) is 0 Å². The summed E-state index contributed by atoms with van der Waals surface area (Å²) < 4.78 is 16.2. The van der Waals surface area contributed by atoms with Crippen molar-refractivity contribution in [2.24, 2.45) is 0 Å². The second-order valence-corrected chi connectivity index (χ2v) is 5.88. The number of esters is 1. The van der Waals surface area contributed by atoms with Gasteiger partial charge in [0.1, 0.15) is 0 Å². The zero-order chi connectivity index (χ0) is 18.5. The number of benzene rings is 2. The molecule has 0 spiro atoms. The van der Waals surface area contributed by atoms with E-state index in [0.717, 1.165) is 35.4 Å². The number of nitrogens with one attached hydrogen (secondary N) is 1. The predicted molar refractivity (Wildman–Crippen MR) is 101 cm³/mol. The first-order valence-corrected chi connectivity index (χ1v) is 8.65. The molecule has 2 aromatic carbocycles. The maximum absolute atomic E-state index is 12.8. The summed E-state index contributed by atoms with van der Waals surface area (Å²) in [6, 6.07) is 13.5. The molecular weight excluding hydrogens is 330 g/mol. The molecule has 5 heteroatoms. The molecule has 0 aliphatic carbocycles. The van der Waals surface area contributed by atoms with Gasteiger partial charge in [-0.3, -0.25) is 0 Å². The van der Waals surface area contributed by atoms with Gasteiger partial charge >= 0.3 is 5.97 Å². The number of hydrogen-bond acceptors (Lipinski definition) is 5. The van der Waals surface area contributed by atoms with Crippen LogP contribution in [0.5, 0.6) is 11.5 Å². The van der Waals surface area contributed by atoms with Gasteiger partial charge in [-0.25, -0.2) is 4.79 Å². The van der Waals surface area contributed by atoms with Crippen molar-refractivity contribution in [3.05, 3.63) is 59.2 Å². The zero-order valence-corrected chi connectivity index (χ0v) is 15.3. The molecule has 1 aliphatic rings. The highest BCUT2D eigenvalue weighted by Gasteiger charge is 2.25. The van der Waals surface area contributed by atoms with E-state index < -0.39 is 0 Å². The van der Waals surface area contributed by atoms with Crippen LogP contribution in [0.25, 0.3) is 11.3 Å². The number of carbonyl (C=O) groups is 1. The van der Waals surface area contributed by atoms with E-state index in [0.29, 0.717) is 23.7 Å². The van der Waals surface area contributed by atoms with Crippen LogP contribution < -0.4 is 14.8 Å². The number of fused-ring (bicyclic) bond motifs is 1. The van der Waals surface area contributed by atoms with E-state index in [-0.39, 0.29) is 5.97 Å². The van der Waals surface area contributed by atoms with Crippen LogP contribution in [0.15, 0.2) is 42.5 Å². The Morgan fingerprint density at radius 3 is 2.42 bits per heavy atom. The first kappa shape index (κ1) is 17.9. The summed E-state index contributed by atoms with van der Waals surface area (Å²) in [5, 5.41) is 3.38. The standard InChI is InChI=1S/C21H23NO4/c1-4-26-21(23)19(14-8-6-5-7-9-14)20-16-13-18(25-3)17(24-2)12-15(16)10-11-22-20/h5-9,12-13,22H,4,10-11H2,1-3H3/b20-19-. The quantitative estimate of drug-likeness (QED) is 0.660. The van der Waals surface area contributed by atoms with Gasteiger partial charge in [-0.1, -0.05) is 30.3 Å². The van der Waals surface area contributed by atoms with Gasteiger partial charge in [0.2, 0.25) is 0 Å². The van der Waals surface area contributed by atoms with Gasteiger partial charge in [-0.15, -0.1) is 0 Å². The fourth-order valence-electron chi connectivity index (χ4n) is 3.17. The van der Waals surface area contributed by atoms with Crippen molar-refractivity contribution in [2.75, 3.05) is 27.4 Å². The van der Waals surface area contributed by atoms with Crippen molar-refractivity contribution in [2.45, 2.75) is 13.3 Å². The lowest BCUT2D eigenvalue weighted by atomic mass is 9.92. The molecule has 0 aromatic heterocycles. The minimum atomic E-state index is -0.344. The van der Waals surface area contributed by atoms with Crippen LogP contribution in [0.4, 0.5) is 0 Å². The Hall–Kier alpha value is -2.95. The van der Waals surface area contributed by atoms with Crippen LogP contribution in [0.3, 0.4) is 0 Å². The average molecular weight is 353 g/mol. The van der Waals surface area contributed by atoms with Crippen LogP contribution in [-0.4, -0.2) is 33.3 Å². The molecule has 5 nitrogen and oxygen atoms in total. The number of ether oxygens (including phenoxy) is 3. The van der Waals surface area contributed by atoms with E-state index in [1.54, 1.807) is 21.1 Å². The monoisotopic (exact) mass is 353 g/mol. The van der Waals surface area contributed by atoms with Gasteiger partial charge in [0, 0.05) is 12.1 Å². The van der Waals surface area contributed by atoms with Crippen molar-refractivity contribution in [3.8, 4) is 11.5 Å². The highest BCUT2D eigenvalue weighted by atomic mass is 16.5. The van der Waals surface area contributed by atoms with E-state index >= 15 is 0 Å². The summed E-state index contributed by atoms with van der Waals surface area (Å²) in [7, 11) is 3.23. The molecule has 0 bridgehead atoms. The normalized spacial score (nSPS) is 14.7. The molecule has 0 saturated heterocycles. The maximum atomic E-state index is 12.8. The fraction of sp³-hybridized carbons (Fsp3) is 0.286. The maximum Gasteiger partial charge on any atom is 0.340 e. The Kier molecular flexibility index (Phi) is 5.46. The van der Waals surface area contributed by atoms with Crippen LogP contribution in [-0.2, 0) is 16.0 Å². The Labute approximate surface area is 153 Å². The van der Waals surface area contributed by atoms with Crippen molar-refractivity contribution >= 4 is 17.2 Å². The molecule has 0 amide bonds. The fourth-order valence-corrected chi connectivity index (χ4v) is 3.17. The molecule has 2 aromatic rings. The van der Waals surface area contributed by atoms with E-state index in [9.17, 15) is 4.79 Å². The first-order valence-electron chi connectivity index (χ1n) is 8.65. The minimum absolute atomic E-state index is 0.321.